The summed E-state index contributed by atoms with van der Waals surface area (Å²) in [6.45, 7) is 6.81. The predicted octanol–water partition coefficient (Wildman–Crippen LogP) is 3.08. The molecule has 0 bridgehead atoms. The molecule has 0 aliphatic carbocycles. The Morgan fingerprint density at radius 3 is 2.48 bits per heavy atom. The summed E-state index contributed by atoms with van der Waals surface area (Å²) in [5, 5.41) is 10.7. The Labute approximate surface area is 246 Å². The Bertz CT molecular complexity index is 1390. The van der Waals surface area contributed by atoms with Crippen molar-refractivity contribution >= 4 is 17.7 Å². The molecule has 0 unspecified atom stereocenters. The third-order valence-corrected chi connectivity index (χ3v) is 7.32. The van der Waals surface area contributed by atoms with Gasteiger partial charge in [0.2, 0.25) is 11.8 Å². The van der Waals surface area contributed by atoms with Gasteiger partial charge in [0.25, 0.3) is 5.91 Å². The van der Waals surface area contributed by atoms with Crippen molar-refractivity contribution in [3.05, 3.63) is 71.3 Å². The standard InChI is InChI=1S/C31H40N6O5/c1-20(2)28-29-32-21(3)35-37(29)17-16-36(31(40)24-14-13-23(41-4)19-26(24)42-5)15-9-12-27(38)33-25(30(39)34-28)18-22-10-7-6-8-11-22/h6-8,10-11,13-14,19-20,25,28H,9,12,15-18H2,1-5H3,(H,33,38)(H,34,39)/t25-,28+/m0/s1. The Balaban J connectivity index is 1.67. The summed E-state index contributed by atoms with van der Waals surface area (Å²) < 4.78 is 12.6. The summed E-state index contributed by atoms with van der Waals surface area (Å²) >= 11 is 0. The molecular weight excluding hydrogens is 536 g/mol. The van der Waals surface area contributed by atoms with Crippen molar-refractivity contribution in [2.75, 3.05) is 27.3 Å². The highest BCUT2D eigenvalue weighted by molar-refractivity contribution is 5.97. The topological polar surface area (TPSA) is 128 Å². The number of fused-ring (bicyclic) bond motifs is 1. The van der Waals surface area contributed by atoms with Crippen molar-refractivity contribution in [2.24, 2.45) is 5.92 Å². The van der Waals surface area contributed by atoms with Crippen molar-refractivity contribution in [2.45, 2.75) is 58.7 Å². The minimum atomic E-state index is -0.775. The lowest BCUT2D eigenvalue weighted by atomic mass is 10.0. The molecule has 0 saturated heterocycles. The van der Waals surface area contributed by atoms with E-state index in [0.717, 1.165) is 5.56 Å². The highest BCUT2D eigenvalue weighted by atomic mass is 16.5. The second kappa shape index (κ2) is 14.0. The molecule has 2 aromatic carbocycles. The van der Waals surface area contributed by atoms with E-state index in [1.807, 2.05) is 44.2 Å². The van der Waals surface area contributed by atoms with Gasteiger partial charge in [0.15, 0.2) is 0 Å². The van der Waals surface area contributed by atoms with Gasteiger partial charge in [-0.25, -0.2) is 9.67 Å². The molecule has 0 fully saturated rings. The number of aryl methyl sites for hydroxylation is 1. The van der Waals surface area contributed by atoms with E-state index in [2.05, 4.69) is 20.7 Å². The third-order valence-electron chi connectivity index (χ3n) is 7.32. The largest absolute Gasteiger partial charge is 0.497 e. The zero-order valence-electron chi connectivity index (χ0n) is 24.9. The van der Waals surface area contributed by atoms with Crippen molar-refractivity contribution < 1.29 is 23.9 Å². The van der Waals surface area contributed by atoms with Crippen LogP contribution in [0.3, 0.4) is 0 Å². The minimum Gasteiger partial charge on any atom is -0.497 e. The van der Waals surface area contributed by atoms with Crippen molar-refractivity contribution in [3.8, 4) is 11.5 Å². The number of ether oxygens (including phenoxy) is 2. The lowest BCUT2D eigenvalue weighted by Gasteiger charge is -2.28. The Morgan fingerprint density at radius 2 is 1.79 bits per heavy atom. The first-order valence-electron chi connectivity index (χ1n) is 14.3. The van der Waals surface area contributed by atoms with E-state index in [1.165, 1.54) is 7.11 Å². The van der Waals surface area contributed by atoms with Gasteiger partial charge in [-0.2, -0.15) is 5.10 Å². The predicted molar refractivity (Wildman–Crippen MR) is 157 cm³/mol. The number of amides is 3. The average Bonchev–Trinajstić information content (AvgIpc) is 3.35. The molecule has 1 aliphatic rings. The number of aromatic nitrogens is 3. The first-order valence-corrected chi connectivity index (χ1v) is 14.3. The molecule has 1 aliphatic heterocycles. The van der Waals surface area contributed by atoms with Crippen molar-refractivity contribution in [1.29, 1.82) is 0 Å². The quantitative estimate of drug-likeness (QED) is 0.462. The molecule has 224 valence electrons. The van der Waals surface area contributed by atoms with E-state index < -0.39 is 12.1 Å². The molecule has 0 saturated carbocycles. The van der Waals surface area contributed by atoms with Gasteiger partial charge in [-0.15, -0.1) is 0 Å². The van der Waals surface area contributed by atoms with Crippen LogP contribution < -0.4 is 20.1 Å². The summed E-state index contributed by atoms with van der Waals surface area (Å²) in [4.78, 5) is 46.9. The number of nitrogens with one attached hydrogen (secondary N) is 2. The molecule has 1 aromatic heterocycles. The van der Waals surface area contributed by atoms with E-state index in [0.29, 0.717) is 61.2 Å². The molecule has 0 radical (unpaired) electrons. The third kappa shape index (κ3) is 7.45. The number of rotatable bonds is 6. The monoisotopic (exact) mass is 576 g/mol. The fraction of sp³-hybridized carbons (Fsp3) is 0.452. The van der Waals surface area contributed by atoms with Crippen LogP contribution in [-0.2, 0) is 22.6 Å². The van der Waals surface area contributed by atoms with E-state index >= 15 is 0 Å². The number of hydrogen-bond acceptors (Lipinski definition) is 7. The van der Waals surface area contributed by atoms with Crippen LogP contribution in [0.4, 0.5) is 0 Å². The summed E-state index contributed by atoms with van der Waals surface area (Å²) in [6, 6.07) is 13.4. The molecular formula is C31H40N6O5. The smallest absolute Gasteiger partial charge is 0.257 e. The SMILES string of the molecule is COc1ccc(C(=O)N2CCCC(=O)N[C@@H](Cc3ccccc3)C(=O)N[C@H](C(C)C)c3nc(C)nn3CC2)c(OC)c1. The summed E-state index contributed by atoms with van der Waals surface area (Å²) in [5.41, 5.74) is 1.33. The maximum atomic E-state index is 13.8. The van der Waals surface area contributed by atoms with Crippen LogP contribution in [0.2, 0.25) is 0 Å². The van der Waals surface area contributed by atoms with Gasteiger partial charge in [0.05, 0.1) is 32.4 Å². The van der Waals surface area contributed by atoms with Crippen molar-refractivity contribution in [1.82, 2.24) is 30.3 Å². The van der Waals surface area contributed by atoms with Gasteiger partial charge in [-0.1, -0.05) is 44.2 Å². The molecule has 0 spiro atoms. The number of carbonyl (C=O) groups is 3. The van der Waals surface area contributed by atoms with E-state index in [9.17, 15) is 14.4 Å². The second-order valence-corrected chi connectivity index (χ2v) is 10.7. The molecule has 11 nitrogen and oxygen atoms in total. The Morgan fingerprint density at radius 1 is 1.02 bits per heavy atom. The van der Waals surface area contributed by atoms with Crippen LogP contribution in [-0.4, -0.2) is 70.7 Å². The highest BCUT2D eigenvalue weighted by Crippen LogP contribution is 2.26. The maximum Gasteiger partial charge on any atom is 0.257 e. The van der Waals surface area contributed by atoms with Crippen LogP contribution in [0.5, 0.6) is 11.5 Å². The normalized spacial score (nSPS) is 18.5. The van der Waals surface area contributed by atoms with Crippen LogP contribution in [0.15, 0.2) is 48.5 Å². The van der Waals surface area contributed by atoms with Crippen LogP contribution in [0.25, 0.3) is 0 Å². The van der Waals surface area contributed by atoms with Gasteiger partial charge in [-0.05, 0) is 37.0 Å². The van der Waals surface area contributed by atoms with Gasteiger partial charge in [0.1, 0.15) is 29.2 Å². The number of nitrogens with zero attached hydrogens (tertiary/aromatic N) is 4. The van der Waals surface area contributed by atoms with Gasteiger partial charge in [0, 0.05) is 32.0 Å². The zero-order valence-corrected chi connectivity index (χ0v) is 24.9. The average molecular weight is 577 g/mol. The minimum absolute atomic E-state index is 0.0152. The number of carbonyl (C=O) groups excluding carboxylic acids is 3. The molecule has 2 N–H and O–H groups in total. The number of methoxy groups -OCH3 is 2. The Hall–Kier alpha value is -4.41. The lowest BCUT2D eigenvalue weighted by molar-refractivity contribution is -0.129. The fourth-order valence-corrected chi connectivity index (χ4v) is 5.08. The molecule has 42 heavy (non-hydrogen) atoms. The molecule has 2 atom stereocenters. The van der Waals surface area contributed by atoms with Gasteiger partial charge >= 0.3 is 0 Å². The maximum absolute atomic E-state index is 13.8. The first kappa shape index (κ1) is 30.5. The summed E-state index contributed by atoms with van der Waals surface area (Å²) in [5.74, 6) is 1.38. The number of hydrogen-bond donors (Lipinski definition) is 2. The van der Waals surface area contributed by atoms with Crippen LogP contribution in [0.1, 0.15) is 60.3 Å². The highest BCUT2D eigenvalue weighted by Gasteiger charge is 2.30. The fourth-order valence-electron chi connectivity index (χ4n) is 5.08. The molecule has 11 heteroatoms. The van der Waals surface area contributed by atoms with E-state index in [-0.39, 0.29) is 30.1 Å². The summed E-state index contributed by atoms with van der Waals surface area (Å²) in [7, 11) is 3.06. The molecule has 3 aromatic rings. The van der Waals surface area contributed by atoms with Crippen molar-refractivity contribution in [3.63, 3.8) is 0 Å². The van der Waals surface area contributed by atoms with Gasteiger partial charge in [-0.3, -0.25) is 14.4 Å². The Kier molecular flexibility index (Phi) is 10.2. The second-order valence-electron chi connectivity index (χ2n) is 10.7. The van der Waals surface area contributed by atoms with E-state index in [1.54, 1.807) is 41.8 Å². The lowest BCUT2D eigenvalue weighted by Crippen LogP contribution is -2.50. The zero-order chi connectivity index (χ0) is 30.2. The molecule has 2 heterocycles. The van der Waals surface area contributed by atoms with Crippen LogP contribution >= 0.6 is 0 Å². The number of benzene rings is 2. The van der Waals surface area contributed by atoms with Crippen LogP contribution in [0, 0.1) is 12.8 Å². The van der Waals surface area contributed by atoms with E-state index in [4.69, 9.17) is 9.47 Å². The molecule has 3 amide bonds. The summed E-state index contributed by atoms with van der Waals surface area (Å²) in [6.07, 6.45) is 0.911. The first-order chi connectivity index (χ1) is 20.2. The van der Waals surface area contributed by atoms with Gasteiger partial charge < -0.3 is 25.0 Å². The molecule has 4 rings (SSSR count).